The molecule has 20 heavy (non-hydrogen) atoms. The van der Waals surface area contributed by atoms with Crippen LogP contribution in [0.2, 0.25) is 0 Å². The summed E-state index contributed by atoms with van der Waals surface area (Å²) >= 11 is 1.54. The predicted octanol–water partition coefficient (Wildman–Crippen LogP) is 2.54. The van der Waals surface area contributed by atoms with E-state index in [-0.39, 0.29) is 11.6 Å². The molecule has 0 spiro atoms. The van der Waals surface area contributed by atoms with E-state index in [1.165, 1.54) is 0 Å². The fraction of sp³-hybridized carbons (Fsp3) is 0.154. The number of hydrogen-bond acceptors (Lipinski definition) is 6. The fourth-order valence-electron chi connectivity index (χ4n) is 1.83. The van der Waals surface area contributed by atoms with Crippen molar-refractivity contribution in [2.45, 2.75) is 0 Å². The number of fused-ring (bicyclic) bond motifs is 1. The average molecular weight is 289 g/mol. The minimum Gasteiger partial charge on any atom is -0.368 e. The summed E-state index contributed by atoms with van der Waals surface area (Å²) in [6.45, 7) is 0. The van der Waals surface area contributed by atoms with Gasteiger partial charge in [0.25, 0.3) is 0 Å². The molecule has 0 bridgehead atoms. The maximum absolute atomic E-state index is 13.8. The number of aromatic nitrogens is 3. The van der Waals surface area contributed by atoms with Gasteiger partial charge in [-0.15, -0.1) is 0 Å². The van der Waals surface area contributed by atoms with Crippen molar-refractivity contribution in [3.05, 3.63) is 30.2 Å². The smallest absolute Gasteiger partial charge is 0.220 e. The van der Waals surface area contributed by atoms with E-state index < -0.39 is 5.82 Å². The third-order valence-electron chi connectivity index (χ3n) is 2.80. The summed E-state index contributed by atoms with van der Waals surface area (Å²) in [6.07, 6.45) is 1.08. The third-order valence-corrected chi connectivity index (χ3v) is 3.98. The first kappa shape index (κ1) is 12.7. The lowest BCUT2D eigenvalue weighted by molar-refractivity contribution is 0.619. The molecule has 2 N–H and O–H groups in total. The number of anilines is 2. The zero-order valence-corrected chi connectivity index (χ0v) is 11.8. The third kappa shape index (κ3) is 2.16. The molecule has 0 saturated heterocycles. The molecule has 3 rings (SSSR count). The van der Waals surface area contributed by atoms with Crippen LogP contribution in [0.5, 0.6) is 0 Å². The van der Waals surface area contributed by atoms with Crippen molar-refractivity contribution in [3.8, 4) is 11.3 Å². The Kier molecular flexibility index (Phi) is 2.98. The van der Waals surface area contributed by atoms with Crippen molar-refractivity contribution in [2.24, 2.45) is 0 Å². The van der Waals surface area contributed by atoms with Gasteiger partial charge >= 0.3 is 0 Å². The Morgan fingerprint density at radius 1 is 1.25 bits per heavy atom. The van der Waals surface area contributed by atoms with E-state index in [1.807, 2.05) is 31.1 Å². The molecule has 0 amide bonds. The summed E-state index contributed by atoms with van der Waals surface area (Å²) in [4.78, 5) is 14.0. The van der Waals surface area contributed by atoms with E-state index >= 15 is 0 Å². The highest BCUT2D eigenvalue weighted by molar-refractivity contribution is 7.22. The Morgan fingerprint density at radius 3 is 2.80 bits per heavy atom. The van der Waals surface area contributed by atoms with Crippen LogP contribution in [0.15, 0.2) is 24.4 Å². The van der Waals surface area contributed by atoms with Crippen LogP contribution in [0.4, 0.5) is 15.5 Å². The van der Waals surface area contributed by atoms with Gasteiger partial charge in [0.2, 0.25) is 5.95 Å². The van der Waals surface area contributed by atoms with Gasteiger partial charge in [-0.2, -0.15) is 0 Å². The molecule has 2 aromatic heterocycles. The Bertz CT molecular complexity index is 784. The molecule has 0 unspecified atom stereocenters. The highest BCUT2D eigenvalue weighted by Crippen LogP contribution is 2.31. The number of hydrogen-bond donors (Lipinski definition) is 1. The second-order valence-corrected chi connectivity index (χ2v) is 5.51. The first-order valence-electron chi connectivity index (χ1n) is 5.91. The molecule has 0 aliphatic rings. The van der Waals surface area contributed by atoms with Crippen molar-refractivity contribution in [1.29, 1.82) is 0 Å². The van der Waals surface area contributed by atoms with Crippen LogP contribution in [-0.4, -0.2) is 29.0 Å². The number of rotatable bonds is 2. The monoisotopic (exact) mass is 289 g/mol. The van der Waals surface area contributed by atoms with Crippen molar-refractivity contribution in [1.82, 2.24) is 15.0 Å². The van der Waals surface area contributed by atoms with E-state index in [0.717, 1.165) is 21.5 Å². The SMILES string of the molecule is CN(C)c1nc2ccc(-c3nc(N)ncc3F)cc2s1. The standard InChI is InChI=1S/C13H12FN5S/c1-19(2)13-17-9-4-3-7(5-10(9)20-13)11-8(14)6-16-12(15)18-11/h3-6H,1-2H3,(H2,15,16,18). The van der Waals surface area contributed by atoms with Gasteiger partial charge in [-0.3, -0.25) is 0 Å². The summed E-state index contributed by atoms with van der Waals surface area (Å²) in [7, 11) is 3.87. The predicted molar refractivity (Wildman–Crippen MR) is 79.3 cm³/mol. The fourth-order valence-corrected chi connectivity index (χ4v) is 2.76. The number of nitrogens with two attached hydrogens (primary N) is 1. The molecule has 0 aliphatic carbocycles. The molecule has 0 radical (unpaired) electrons. The Hall–Kier alpha value is -2.28. The van der Waals surface area contributed by atoms with Crippen molar-refractivity contribution < 1.29 is 4.39 Å². The molecule has 0 fully saturated rings. The molecule has 7 heteroatoms. The zero-order chi connectivity index (χ0) is 14.3. The second-order valence-electron chi connectivity index (χ2n) is 4.50. The average Bonchev–Trinajstić information content (AvgIpc) is 2.84. The van der Waals surface area contributed by atoms with Crippen LogP contribution in [0.3, 0.4) is 0 Å². The van der Waals surface area contributed by atoms with Gasteiger partial charge in [-0.25, -0.2) is 19.3 Å². The van der Waals surface area contributed by atoms with Crippen LogP contribution in [0, 0.1) is 5.82 Å². The highest BCUT2D eigenvalue weighted by atomic mass is 32.1. The summed E-state index contributed by atoms with van der Waals surface area (Å²) in [5.41, 5.74) is 7.27. The molecule has 0 saturated carbocycles. The van der Waals surface area contributed by atoms with E-state index in [1.54, 1.807) is 17.4 Å². The van der Waals surface area contributed by atoms with Crippen molar-refractivity contribution in [2.75, 3.05) is 24.7 Å². The van der Waals surface area contributed by atoms with E-state index in [0.29, 0.717) is 5.56 Å². The molecular formula is C13H12FN5S. The zero-order valence-electron chi connectivity index (χ0n) is 11.0. The molecule has 5 nitrogen and oxygen atoms in total. The van der Waals surface area contributed by atoms with Crippen molar-refractivity contribution >= 4 is 32.6 Å². The van der Waals surface area contributed by atoms with Crippen LogP contribution < -0.4 is 10.6 Å². The maximum Gasteiger partial charge on any atom is 0.220 e. The summed E-state index contributed by atoms with van der Waals surface area (Å²) in [5, 5.41) is 0.903. The number of thiazole rings is 1. The van der Waals surface area contributed by atoms with E-state index in [9.17, 15) is 4.39 Å². The Balaban J connectivity index is 2.15. The molecule has 1 aromatic carbocycles. The first-order chi connectivity index (χ1) is 9.54. The summed E-state index contributed by atoms with van der Waals surface area (Å²) < 4.78 is 14.8. The Labute approximate surface area is 118 Å². The first-order valence-corrected chi connectivity index (χ1v) is 6.72. The van der Waals surface area contributed by atoms with Crippen molar-refractivity contribution in [3.63, 3.8) is 0 Å². The normalized spacial score (nSPS) is 10.9. The molecule has 2 heterocycles. The summed E-state index contributed by atoms with van der Waals surface area (Å²) in [5.74, 6) is -0.435. The maximum atomic E-state index is 13.8. The van der Waals surface area contributed by atoms with Crippen LogP contribution >= 0.6 is 11.3 Å². The minimum atomic E-state index is -0.490. The van der Waals surface area contributed by atoms with Gasteiger partial charge in [-0.1, -0.05) is 17.4 Å². The highest BCUT2D eigenvalue weighted by Gasteiger charge is 2.11. The lowest BCUT2D eigenvalue weighted by atomic mass is 10.1. The largest absolute Gasteiger partial charge is 0.368 e. The van der Waals surface area contributed by atoms with E-state index in [4.69, 9.17) is 5.73 Å². The number of halogens is 1. The van der Waals surface area contributed by atoms with Gasteiger partial charge in [0.1, 0.15) is 5.69 Å². The van der Waals surface area contributed by atoms with E-state index in [2.05, 4.69) is 15.0 Å². The van der Waals surface area contributed by atoms with Gasteiger partial charge in [0.05, 0.1) is 16.4 Å². The topological polar surface area (TPSA) is 67.9 Å². The second kappa shape index (κ2) is 4.68. The van der Waals surface area contributed by atoms with Gasteiger partial charge in [0, 0.05) is 19.7 Å². The quantitative estimate of drug-likeness (QED) is 0.785. The number of nitrogens with zero attached hydrogens (tertiary/aromatic N) is 4. The van der Waals surface area contributed by atoms with Gasteiger partial charge < -0.3 is 10.6 Å². The lowest BCUT2D eigenvalue weighted by Crippen LogP contribution is -2.07. The molecule has 0 aliphatic heterocycles. The number of benzene rings is 1. The molecule has 102 valence electrons. The van der Waals surface area contributed by atoms with Gasteiger partial charge in [0.15, 0.2) is 10.9 Å². The molecule has 3 aromatic rings. The van der Waals surface area contributed by atoms with Gasteiger partial charge in [-0.05, 0) is 12.1 Å². The van der Waals surface area contributed by atoms with Crippen LogP contribution in [-0.2, 0) is 0 Å². The lowest BCUT2D eigenvalue weighted by Gasteiger charge is -2.04. The minimum absolute atomic E-state index is 0.0554. The Morgan fingerprint density at radius 2 is 2.05 bits per heavy atom. The van der Waals surface area contributed by atoms with Crippen LogP contribution in [0.1, 0.15) is 0 Å². The summed E-state index contributed by atoms with van der Waals surface area (Å²) in [6, 6.07) is 5.50. The molecular weight excluding hydrogens is 277 g/mol. The number of nitrogen functional groups attached to an aromatic ring is 1. The molecule has 0 atom stereocenters. The van der Waals surface area contributed by atoms with Crippen LogP contribution in [0.25, 0.3) is 21.5 Å².